The fourth-order valence-corrected chi connectivity index (χ4v) is 2.50. The third-order valence-corrected chi connectivity index (χ3v) is 3.86. The van der Waals surface area contributed by atoms with Crippen LogP contribution in [0.2, 0.25) is 0 Å². The summed E-state index contributed by atoms with van der Waals surface area (Å²) in [6.07, 6.45) is 4.05. The lowest BCUT2D eigenvalue weighted by Gasteiger charge is -2.20. The van der Waals surface area contributed by atoms with Crippen molar-refractivity contribution < 1.29 is 14.9 Å². The summed E-state index contributed by atoms with van der Waals surface area (Å²) in [5, 5.41) is 22.1. The van der Waals surface area contributed by atoms with Crippen LogP contribution >= 0.6 is 0 Å². The maximum absolute atomic E-state index is 9.84. The predicted octanol–water partition coefficient (Wildman–Crippen LogP) is 1.55. The van der Waals surface area contributed by atoms with Crippen molar-refractivity contribution in [2.24, 2.45) is 11.3 Å². The van der Waals surface area contributed by atoms with E-state index in [0.717, 1.165) is 19.4 Å². The Bertz CT molecular complexity index is 242. The molecule has 4 nitrogen and oxygen atoms in total. The SMILES string of the molecule is CC(C)CC(C)OCC(O)CNCC1(CCO)CC1. The minimum absolute atomic E-state index is 0.207. The first-order valence-electron chi connectivity index (χ1n) is 7.59. The molecule has 3 N–H and O–H groups in total. The fraction of sp³-hybridized carbons (Fsp3) is 1.00. The number of aliphatic hydroxyl groups excluding tert-OH is 2. The van der Waals surface area contributed by atoms with E-state index in [2.05, 4.69) is 26.1 Å². The highest BCUT2D eigenvalue weighted by atomic mass is 16.5. The first kappa shape index (κ1) is 16.9. The largest absolute Gasteiger partial charge is 0.396 e. The quantitative estimate of drug-likeness (QED) is 0.534. The van der Waals surface area contributed by atoms with Crippen LogP contribution in [0.1, 0.15) is 46.5 Å². The van der Waals surface area contributed by atoms with Crippen LogP contribution in [0.25, 0.3) is 0 Å². The van der Waals surface area contributed by atoms with Crippen molar-refractivity contribution in [3.8, 4) is 0 Å². The van der Waals surface area contributed by atoms with Crippen molar-refractivity contribution in [1.29, 1.82) is 0 Å². The molecule has 0 spiro atoms. The number of rotatable bonds is 11. The molecule has 4 heteroatoms. The molecule has 0 bridgehead atoms. The van der Waals surface area contributed by atoms with Gasteiger partial charge in [-0.3, -0.25) is 0 Å². The summed E-state index contributed by atoms with van der Waals surface area (Å²) in [5.41, 5.74) is 0.306. The van der Waals surface area contributed by atoms with Gasteiger partial charge in [-0.2, -0.15) is 0 Å². The monoisotopic (exact) mass is 273 g/mol. The standard InChI is InChI=1S/C15H31NO3/c1-12(2)8-13(3)19-10-14(18)9-16-11-15(4-5-15)6-7-17/h12-14,16-18H,4-11H2,1-3H3. The van der Waals surface area contributed by atoms with Crippen LogP contribution in [-0.4, -0.2) is 48.7 Å². The highest BCUT2D eigenvalue weighted by Gasteiger charge is 2.41. The highest BCUT2D eigenvalue weighted by molar-refractivity contribution is 4.94. The first-order chi connectivity index (χ1) is 8.97. The molecule has 19 heavy (non-hydrogen) atoms. The smallest absolute Gasteiger partial charge is 0.0897 e. The van der Waals surface area contributed by atoms with Gasteiger partial charge in [-0.1, -0.05) is 13.8 Å². The summed E-state index contributed by atoms with van der Waals surface area (Å²) in [7, 11) is 0. The molecular weight excluding hydrogens is 242 g/mol. The first-order valence-corrected chi connectivity index (χ1v) is 7.59. The van der Waals surface area contributed by atoms with Crippen LogP contribution in [0.15, 0.2) is 0 Å². The van der Waals surface area contributed by atoms with Crippen molar-refractivity contribution in [3.63, 3.8) is 0 Å². The molecule has 1 rings (SSSR count). The van der Waals surface area contributed by atoms with Gasteiger partial charge < -0.3 is 20.3 Å². The summed E-state index contributed by atoms with van der Waals surface area (Å²) in [6.45, 7) is 8.53. The molecule has 0 aromatic rings. The van der Waals surface area contributed by atoms with Crippen LogP contribution in [0.3, 0.4) is 0 Å². The molecule has 0 radical (unpaired) electrons. The predicted molar refractivity (Wildman–Crippen MR) is 77.1 cm³/mol. The average molecular weight is 273 g/mol. The summed E-state index contributed by atoms with van der Waals surface area (Å²) < 4.78 is 5.63. The Balaban J connectivity index is 2.03. The summed E-state index contributed by atoms with van der Waals surface area (Å²) >= 11 is 0. The second-order valence-electron chi connectivity index (χ2n) is 6.53. The van der Waals surface area contributed by atoms with Gasteiger partial charge in [0.15, 0.2) is 0 Å². The van der Waals surface area contributed by atoms with Crippen LogP contribution in [0.5, 0.6) is 0 Å². The molecule has 1 fully saturated rings. The maximum atomic E-state index is 9.84. The second-order valence-corrected chi connectivity index (χ2v) is 6.53. The van der Waals surface area contributed by atoms with Crippen LogP contribution in [-0.2, 0) is 4.74 Å². The fourth-order valence-electron chi connectivity index (χ4n) is 2.50. The Kier molecular flexibility index (Phi) is 7.29. The normalized spacial score (nSPS) is 20.5. The molecule has 114 valence electrons. The molecule has 0 aromatic heterocycles. The van der Waals surface area contributed by atoms with Gasteiger partial charge >= 0.3 is 0 Å². The molecular formula is C15H31NO3. The van der Waals surface area contributed by atoms with E-state index in [-0.39, 0.29) is 12.7 Å². The number of ether oxygens (including phenoxy) is 1. The molecule has 0 amide bonds. The Morgan fingerprint density at radius 3 is 2.47 bits per heavy atom. The Morgan fingerprint density at radius 2 is 1.95 bits per heavy atom. The second kappa shape index (κ2) is 8.20. The lowest BCUT2D eigenvalue weighted by Crippen LogP contribution is -2.35. The van der Waals surface area contributed by atoms with E-state index in [1.165, 1.54) is 12.8 Å². The van der Waals surface area contributed by atoms with Crippen molar-refractivity contribution in [1.82, 2.24) is 5.32 Å². The van der Waals surface area contributed by atoms with Crippen molar-refractivity contribution in [3.05, 3.63) is 0 Å². The zero-order valence-electron chi connectivity index (χ0n) is 12.7. The molecule has 2 atom stereocenters. The lowest BCUT2D eigenvalue weighted by atomic mass is 10.0. The van der Waals surface area contributed by atoms with Crippen LogP contribution in [0, 0.1) is 11.3 Å². The minimum atomic E-state index is -0.445. The summed E-state index contributed by atoms with van der Waals surface area (Å²) in [5.74, 6) is 0.624. The van der Waals surface area contributed by atoms with Gasteiger partial charge in [0, 0.05) is 19.7 Å². The van der Waals surface area contributed by atoms with Gasteiger partial charge in [-0.05, 0) is 43.9 Å². The van der Waals surface area contributed by atoms with E-state index >= 15 is 0 Å². The lowest BCUT2D eigenvalue weighted by molar-refractivity contribution is -0.00884. The minimum Gasteiger partial charge on any atom is -0.396 e. The number of nitrogens with one attached hydrogen (secondary N) is 1. The summed E-state index contributed by atoms with van der Waals surface area (Å²) in [6, 6.07) is 0. The highest BCUT2D eigenvalue weighted by Crippen LogP contribution is 2.47. The van der Waals surface area contributed by atoms with Crippen LogP contribution < -0.4 is 5.32 Å². The molecule has 0 heterocycles. The topological polar surface area (TPSA) is 61.7 Å². The van der Waals surface area contributed by atoms with Gasteiger partial charge in [0.25, 0.3) is 0 Å². The Hall–Kier alpha value is -0.160. The molecule has 1 aliphatic rings. The van der Waals surface area contributed by atoms with E-state index in [1.54, 1.807) is 0 Å². The average Bonchev–Trinajstić information content (AvgIpc) is 3.06. The van der Waals surface area contributed by atoms with E-state index in [1.807, 2.05) is 0 Å². The van der Waals surface area contributed by atoms with Gasteiger partial charge in [0.1, 0.15) is 0 Å². The maximum Gasteiger partial charge on any atom is 0.0897 e. The van der Waals surface area contributed by atoms with E-state index in [4.69, 9.17) is 9.84 Å². The number of hydrogen-bond donors (Lipinski definition) is 3. The molecule has 0 aromatic carbocycles. The van der Waals surface area contributed by atoms with Gasteiger partial charge in [0.05, 0.1) is 18.8 Å². The van der Waals surface area contributed by atoms with Crippen molar-refractivity contribution in [2.45, 2.75) is 58.7 Å². The third-order valence-electron chi connectivity index (χ3n) is 3.86. The van der Waals surface area contributed by atoms with Crippen molar-refractivity contribution >= 4 is 0 Å². The molecule has 0 saturated heterocycles. The van der Waals surface area contributed by atoms with E-state index < -0.39 is 6.10 Å². The Labute approximate surface area is 117 Å². The summed E-state index contributed by atoms with van der Waals surface area (Å²) in [4.78, 5) is 0. The molecule has 1 saturated carbocycles. The van der Waals surface area contributed by atoms with Gasteiger partial charge in [0.2, 0.25) is 0 Å². The van der Waals surface area contributed by atoms with Gasteiger partial charge in [-0.25, -0.2) is 0 Å². The molecule has 0 aliphatic heterocycles. The number of aliphatic hydroxyl groups is 2. The Morgan fingerprint density at radius 1 is 1.26 bits per heavy atom. The van der Waals surface area contributed by atoms with Crippen molar-refractivity contribution in [2.75, 3.05) is 26.3 Å². The van der Waals surface area contributed by atoms with E-state index in [9.17, 15) is 5.11 Å². The molecule has 1 aliphatic carbocycles. The zero-order valence-corrected chi connectivity index (χ0v) is 12.7. The number of hydrogen-bond acceptors (Lipinski definition) is 4. The van der Waals surface area contributed by atoms with E-state index in [0.29, 0.717) is 24.5 Å². The zero-order chi connectivity index (χ0) is 14.3. The third kappa shape index (κ3) is 7.25. The van der Waals surface area contributed by atoms with Gasteiger partial charge in [-0.15, -0.1) is 0 Å². The van der Waals surface area contributed by atoms with Crippen LogP contribution in [0.4, 0.5) is 0 Å². The molecule has 2 unspecified atom stereocenters.